The minimum Gasteiger partial charge on any atom is -0.334 e. The van der Waals surface area contributed by atoms with Crippen LogP contribution in [0.2, 0.25) is 0 Å². The van der Waals surface area contributed by atoms with Crippen LogP contribution in [0.1, 0.15) is 18.4 Å². The molecule has 3 rings (SSSR count). The number of hydrogen-bond acceptors (Lipinski definition) is 3. The molecule has 0 radical (unpaired) electrons. The Morgan fingerprint density at radius 1 is 1.44 bits per heavy atom. The number of carbonyl (C=O) groups is 1. The zero-order chi connectivity index (χ0) is 12.8. The molecule has 1 aliphatic carbocycles. The molecule has 2 aromatic rings. The fraction of sp³-hybridized carbons (Fsp3) is 0.385. The first-order valence-corrected chi connectivity index (χ1v) is 6.06. The van der Waals surface area contributed by atoms with E-state index in [-0.39, 0.29) is 11.3 Å². The molecule has 18 heavy (non-hydrogen) atoms. The highest BCUT2D eigenvalue weighted by molar-refractivity contribution is 5.92. The number of fused-ring (bicyclic) bond motifs is 1. The molecule has 1 amide bonds. The lowest BCUT2D eigenvalue weighted by atomic mass is 9.95. The van der Waals surface area contributed by atoms with Gasteiger partial charge in [0.25, 0.3) is 0 Å². The van der Waals surface area contributed by atoms with E-state index in [2.05, 4.69) is 15.8 Å². The van der Waals surface area contributed by atoms with Crippen molar-refractivity contribution in [3.8, 4) is 0 Å². The van der Waals surface area contributed by atoms with Gasteiger partial charge in [-0.05, 0) is 30.5 Å². The number of aryl methyl sites for hydroxylation is 1. The second-order valence-electron chi connectivity index (χ2n) is 4.85. The summed E-state index contributed by atoms with van der Waals surface area (Å²) >= 11 is 0. The predicted octanol–water partition coefficient (Wildman–Crippen LogP) is 0.856. The van der Waals surface area contributed by atoms with Crippen LogP contribution in [0.5, 0.6) is 0 Å². The van der Waals surface area contributed by atoms with Crippen molar-refractivity contribution in [1.29, 1.82) is 0 Å². The molecule has 1 fully saturated rings. The molecular weight excluding hydrogens is 228 g/mol. The van der Waals surface area contributed by atoms with E-state index in [4.69, 9.17) is 0 Å². The first kappa shape index (κ1) is 11.2. The van der Waals surface area contributed by atoms with Crippen LogP contribution in [0, 0.1) is 0 Å². The number of hydrazine groups is 1. The third kappa shape index (κ3) is 1.51. The molecule has 0 saturated heterocycles. The van der Waals surface area contributed by atoms with Gasteiger partial charge in [0.2, 0.25) is 5.91 Å². The molecule has 1 aromatic heterocycles. The van der Waals surface area contributed by atoms with Crippen molar-refractivity contribution >= 4 is 16.9 Å². The van der Waals surface area contributed by atoms with E-state index < -0.39 is 0 Å². The van der Waals surface area contributed by atoms with Gasteiger partial charge in [0, 0.05) is 14.1 Å². The van der Waals surface area contributed by atoms with Gasteiger partial charge in [0.15, 0.2) is 0 Å². The first-order valence-electron chi connectivity index (χ1n) is 6.06. The molecule has 0 unspecified atom stereocenters. The van der Waals surface area contributed by atoms with Crippen LogP contribution >= 0.6 is 0 Å². The topological polar surface area (TPSA) is 58.9 Å². The Balaban J connectivity index is 2.02. The molecule has 1 heterocycles. The van der Waals surface area contributed by atoms with E-state index in [0.717, 1.165) is 29.4 Å². The molecule has 0 atom stereocenters. The highest BCUT2D eigenvalue weighted by atomic mass is 16.2. The minimum atomic E-state index is -0.352. The second-order valence-corrected chi connectivity index (χ2v) is 4.85. The molecule has 5 heteroatoms. The average Bonchev–Trinajstić information content (AvgIpc) is 3.11. The minimum absolute atomic E-state index is 0.0419. The summed E-state index contributed by atoms with van der Waals surface area (Å²) in [7, 11) is 3.67. The number of carbonyl (C=O) groups excluding carboxylic acids is 1. The molecule has 0 spiro atoms. The number of amides is 1. The summed E-state index contributed by atoms with van der Waals surface area (Å²) in [6.07, 6.45) is 3.60. The molecule has 2 N–H and O–H groups in total. The van der Waals surface area contributed by atoms with Crippen molar-refractivity contribution in [1.82, 2.24) is 20.4 Å². The van der Waals surface area contributed by atoms with Crippen LogP contribution in [0.15, 0.2) is 24.5 Å². The van der Waals surface area contributed by atoms with E-state index in [9.17, 15) is 4.79 Å². The monoisotopic (exact) mass is 244 g/mol. The molecule has 0 aliphatic heterocycles. The Morgan fingerprint density at radius 3 is 2.89 bits per heavy atom. The number of benzene rings is 1. The van der Waals surface area contributed by atoms with Gasteiger partial charge < -0.3 is 4.57 Å². The Hall–Kier alpha value is -1.88. The van der Waals surface area contributed by atoms with E-state index in [1.54, 1.807) is 13.4 Å². The molecule has 0 bridgehead atoms. The fourth-order valence-corrected chi connectivity index (χ4v) is 2.44. The molecule has 1 aliphatic rings. The van der Waals surface area contributed by atoms with Gasteiger partial charge in [-0.1, -0.05) is 6.07 Å². The molecule has 1 aromatic carbocycles. The van der Waals surface area contributed by atoms with E-state index in [1.807, 2.05) is 29.8 Å². The van der Waals surface area contributed by atoms with Gasteiger partial charge in [-0.15, -0.1) is 0 Å². The largest absolute Gasteiger partial charge is 0.334 e. The van der Waals surface area contributed by atoms with Crippen LogP contribution in [0.25, 0.3) is 11.0 Å². The SMILES string of the molecule is CNNC(=O)C1(c2ccc3c(c2)ncn3C)CC1. The number of hydrogen-bond donors (Lipinski definition) is 2. The van der Waals surface area contributed by atoms with Gasteiger partial charge in [0.05, 0.1) is 22.8 Å². The Kier molecular flexibility index (Phi) is 2.38. The first-order chi connectivity index (χ1) is 8.67. The van der Waals surface area contributed by atoms with Crippen LogP contribution in [0.3, 0.4) is 0 Å². The third-order valence-electron chi connectivity index (χ3n) is 3.70. The zero-order valence-corrected chi connectivity index (χ0v) is 10.5. The van der Waals surface area contributed by atoms with Crippen LogP contribution < -0.4 is 10.9 Å². The second kappa shape index (κ2) is 3.81. The number of nitrogens with zero attached hydrogens (tertiary/aromatic N) is 2. The summed E-state index contributed by atoms with van der Waals surface area (Å²) in [4.78, 5) is 16.4. The van der Waals surface area contributed by atoms with Gasteiger partial charge in [-0.25, -0.2) is 10.4 Å². The van der Waals surface area contributed by atoms with Crippen LogP contribution in [-0.4, -0.2) is 22.5 Å². The molecule has 1 saturated carbocycles. The summed E-state index contributed by atoms with van der Waals surface area (Å²) in [5, 5.41) is 0. The quantitative estimate of drug-likeness (QED) is 0.787. The van der Waals surface area contributed by atoms with E-state index in [0.29, 0.717) is 0 Å². The lowest BCUT2D eigenvalue weighted by Gasteiger charge is -2.15. The van der Waals surface area contributed by atoms with Gasteiger partial charge in [0.1, 0.15) is 0 Å². The Morgan fingerprint density at radius 2 is 2.22 bits per heavy atom. The molecule has 5 nitrogen and oxygen atoms in total. The maximum Gasteiger partial charge on any atom is 0.244 e. The maximum atomic E-state index is 12.1. The average molecular weight is 244 g/mol. The fourth-order valence-electron chi connectivity index (χ4n) is 2.44. The lowest BCUT2D eigenvalue weighted by molar-refractivity contribution is -0.124. The Labute approximate surface area is 105 Å². The number of nitrogens with one attached hydrogen (secondary N) is 2. The van der Waals surface area contributed by atoms with Crippen molar-refractivity contribution < 1.29 is 4.79 Å². The van der Waals surface area contributed by atoms with Crippen molar-refractivity contribution in [2.24, 2.45) is 7.05 Å². The number of rotatable bonds is 3. The third-order valence-corrected chi connectivity index (χ3v) is 3.70. The summed E-state index contributed by atoms with van der Waals surface area (Å²) in [6.45, 7) is 0. The van der Waals surface area contributed by atoms with E-state index >= 15 is 0 Å². The van der Waals surface area contributed by atoms with E-state index in [1.165, 1.54) is 0 Å². The van der Waals surface area contributed by atoms with Crippen molar-refractivity contribution in [3.63, 3.8) is 0 Å². The lowest BCUT2D eigenvalue weighted by Crippen LogP contribution is -2.41. The zero-order valence-electron chi connectivity index (χ0n) is 10.5. The standard InChI is InChI=1S/C13H16N4O/c1-14-16-12(18)13(5-6-13)9-3-4-11-10(7-9)15-8-17(11)2/h3-4,7-8,14H,5-6H2,1-2H3,(H,16,18). The summed E-state index contributed by atoms with van der Waals surface area (Å²) in [5.74, 6) is 0.0419. The summed E-state index contributed by atoms with van der Waals surface area (Å²) < 4.78 is 1.98. The number of aromatic nitrogens is 2. The maximum absolute atomic E-state index is 12.1. The van der Waals surface area contributed by atoms with Gasteiger partial charge in [-0.2, -0.15) is 0 Å². The van der Waals surface area contributed by atoms with Crippen LogP contribution in [0.4, 0.5) is 0 Å². The van der Waals surface area contributed by atoms with Gasteiger partial charge in [-0.3, -0.25) is 10.2 Å². The summed E-state index contributed by atoms with van der Waals surface area (Å²) in [5.41, 5.74) is 8.13. The highest BCUT2D eigenvalue weighted by Gasteiger charge is 2.51. The Bertz CT molecular complexity index is 612. The van der Waals surface area contributed by atoms with Crippen molar-refractivity contribution in [3.05, 3.63) is 30.1 Å². The summed E-state index contributed by atoms with van der Waals surface area (Å²) in [6, 6.07) is 6.09. The van der Waals surface area contributed by atoms with Crippen molar-refractivity contribution in [2.75, 3.05) is 7.05 Å². The molecule has 94 valence electrons. The van der Waals surface area contributed by atoms with Crippen molar-refractivity contribution in [2.45, 2.75) is 18.3 Å². The normalized spacial score (nSPS) is 16.8. The smallest absolute Gasteiger partial charge is 0.244 e. The predicted molar refractivity (Wildman–Crippen MR) is 68.8 cm³/mol. The van der Waals surface area contributed by atoms with Crippen LogP contribution in [-0.2, 0) is 17.3 Å². The van der Waals surface area contributed by atoms with Gasteiger partial charge >= 0.3 is 0 Å². The highest BCUT2D eigenvalue weighted by Crippen LogP contribution is 2.48. The molecular formula is C13H16N4O. The number of imidazole rings is 1.